The molecule has 2 aromatic carbocycles. The molecule has 0 unspecified atom stereocenters. The topological polar surface area (TPSA) is 94.2 Å². The smallest absolute Gasteiger partial charge is 0.271 e. The highest BCUT2D eigenvalue weighted by Gasteiger charge is 2.13. The summed E-state index contributed by atoms with van der Waals surface area (Å²) < 4.78 is 1.40. The maximum atomic E-state index is 12.6. The number of nitro groups is 1. The standard InChI is InChI=1S/C20H16ClN3O4/c1-13-5-7-17(24(27)28)10-18(13)22-20(26)15-6-8-19(25)23(12-15)11-14-3-2-4-16(21)9-14/h2-10,12H,11H2,1H3,(H,22,26). The summed E-state index contributed by atoms with van der Waals surface area (Å²) in [6.45, 7) is 2.00. The zero-order valence-corrected chi connectivity index (χ0v) is 15.6. The molecule has 7 nitrogen and oxygen atoms in total. The molecule has 0 aliphatic carbocycles. The van der Waals surface area contributed by atoms with Gasteiger partial charge in [-0.2, -0.15) is 0 Å². The molecule has 0 aliphatic heterocycles. The van der Waals surface area contributed by atoms with Gasteiger partial charge in [-0.25, -0.2) is 0 Å². The van der Waals surface area contributed by atoms with Crippen molar-refractivity contribution in [2.45, 2.75) is 13.5 Å². The van der Waals surface area contributed by atoms with E-state index in [1.165, 1.54) is 35.0 Å². The third-order valence-corrected chi connectivity index (χ3v) is 4.40. The summed E-state index contributed by atoms with van der Waals surface area (Å²) in [7, 11) is 0. The van der Waals surface area contributed by atoms with Gasteiger partial charge in [0.1, 0.15) is 0 Å². The predicted molar refractivity (Wildman–Crippen MR) is 107 cm³/mol. The molecule has 3 aromatic rings. The first-order valence-corrected chi connectivity index (χ1v) is 8.72. The number of pyridine rings is 1. The number of carbonyl (C=O) groups is 1. The van der Waals surface area contributed by atoms with Crippen LogP contribution in [0.15, 0.2) is 65.6 Å². The average molecular weight is 398 g/mol. The molecule has 3 rings (SSSR count). The second kappa shape index (κ2) is 8.06. The Bertz CT molecular complexity index is 1120. The van der Waals surface area contributed by atoms with Crippen LogP contribution in [-0.2, 0) is 6.54 Å². The van der Waals surface area contributed by atoms with Gasteiger partial charge >= 0.3 is 0 Å². The number of hydrogen-bond acceptors (Lipinski definition) is 4. The van der Waals surface area contributed by atoms with Crippen molar-refractivity contribution >= 4 is 28.9 Å². The van der Waals surface area contributed by atoms with E-state index in [9.17, 15) is 19.7 Å². The van der Waals surface area contributed by atoms with Gasteiger partial charge in [-0.3, -0.25) is 19.7 Å². The number of hydrogen-bond donors (Lipinski definition) is 1. The summed E-state index contributed by atoms with van der Waals surface area (Å²) in [5.41, 5.74) is 1.72. The highest BCUT2D eigenvalue weighted by atomic mass is 35.5. The van der Waals surface area contributed by atoms with Crippen LogP contribution in [0.3, 0.4) is 0 Å². The lowest BCUT2D eigenvalue weighted by atomic mass is 10.1. The molecule has 0 saturated heterocycles. The summed E-state index contributed by atoms with van der Waals surface area (Å²) in [5, 5.41) is 14.2. The van der Waals surface area contributed by atoms with Gasteiger partial charge in [0.25, 0.3) is 17.2 Å². The van der Waals surface area contributed by atoms with E-state index < -0.39 is 10.8 Å². The lowest BCUT2D eigenvalue weighted by Crippen LogP contribution is -2.22. The second-order valence-electron chi connectivity index (χ2n) is 6.22. The summed E-state index contributed by atoms with van der Waals surface area (Å²) in [6, 6.07) is 14.0. The Morgan fingerprint density at radius 2 is 1.96 bits per heavy atom. The first kappa shape index (κ1) is 19.3. The molecule has 1 amide bonds. The number of non-ortho nitro benzene ring substituents is 1. The largest absolute Gasteiger partial charge is 0.321 e. The van der Waals surface area contributed by atoms with Gasteiger partial charge in [-0.15, -0.1) is 0 Å². The zero-order valence-electron chi connectivity index (χ0n) is 14.9. The van der Waals surface area contributed by atoms with Gasteiger partial charge in [-0.05, 0) is 36.2 Å². The van der Waals surface area contributed by atoms with Gasteiger partial charge in [0.15, 0.2) is 0 Å². The van der Waals surface area contributed by atoms with Crippen LogP contribution in [0.1, 0.15) is 21.5 Å². The van der Waals surface area contributed by atoms with Gasteiger partial charge in [-0.1, -0.05) is 29.8 Å². The van der Waals surface area contributed by atoms with E-state index in [4.69, 9.17) is 11.6 Å². The fourth-order valence-electron chi connectivity index (χ4n) is 2.67. The molecule has 0 saturated carbocycles. The summed E-state index contributed by atoms with van der Waals surface area (Å²) >= 11 is 5.97. The molecule has 8 heteroatoms. The Kier molecular flexibility index (Phi) is 5.56. The van der Waals surface area contributed by atoms with Gasteiger partial charge in [0.2, 0.25) is 0 Å². The lowest BCUT2D eigenvalue weighted by Gasteiger charge is -2.11. The first-order chi connectivity index (χ1) is 13.3. The minimum Gasteiger partial charge on any atom is -0.321 e. The first-order valence-electron chi connectivity index (χ1n) is 8.35. The normalized spacial score (nSPS) is 10.5. The van der Waals surface area contributed by atoms with E-state index in [-0.39, 0.29) is 23.4 Å². The number of amides is 1. The molecular formula is C20H16ClN3O4. The summed E-state index contributed by atoms with van der Waals surface area (Å²) in [4.78, 5) is 35.2. The van der Waals surface area contributed by atoms with Crippen LogP contribution in [0.25, 0.3) is 0 Å². The fraction of sp³-hybridized carbons (Fsp3) is 0.100. The average Bonchev–Trinajstić information content (AvgIpc) is 2.65. The second-order valence-corrected chi connectivity index (χ2v) is 6.66. The Hall–Kier alpha value is -3.45. The van der Waals surface area contributed by atoms with Crippen molar-refractivity contribution in [2.24, 2.45) is 0 Å². The molecular weight excluding hydrogens is 382 g/mol. The molecule has 0 spiro atoms. The Labute approximate surface area is 165 Å². The Balaban J connectivity index is 1.86. The van der Waals surface area contributed by atoms with Crippen LogP contribution in [0.2, 0.25) is 5.02 Å². The number of aromatic nitrogens is 1. The predicted octanol–water partition coefficient (Wildman–Crippen LogP) is 4.02. The van der Waals surface area contributed by atoms with Crippen molar-refractivity contribution in [2.75, 3.05) is 5.32 Å². The molecule has 0 fully saturated rings. The number of anilines is 1. The maximum absolute atomic E-state index is 12.6. The molecule has 0 radical (unpaired) electrons. The summed E-state index contributed by atoms with van der Waals surface area (Å²) in [6.07, 6.45) is 1.45. The van der Waals surface area contributed by atoms with E-state index in [2.05, 4.69) is 5.32 Å². The maximum Gasteiger partial charge on any atom is 0.271 e. The fourth-order valence-corrected chi connectivity index (χ4v) is 2.89. The molecule has 0 atom stereocenters. The van der Waals surface area contributed by atoms with Crippen molar-refractivity contribution in [1.82, 2.24) is 4.57 Å². The van der Waals surface area contributed by atoms with Crippen LogP contribution in [0.5, 0.6) is 0 Å². The molecule has 0 bridgehead atoms. The van der Waals surface area contributed by atoms with E-state index in [1.807, 2.05) is 6.07 Å². The molecule has 28 heavy (non-hydrogen) atoms. The minimum atomic E-state index is -0.528. The van der Waals surface area contributed by atoms with E-state index in [0.717, 1.165) is 5.56 Å². The van der Waals surface area contributed by atoms with Gasteiger partial charge in [0.05, 0.1) is 22.7 Å². The number of rotatable bonds is 5. The van der Waals surface area contributed by atoms with Crippen LogP contribution in [0.4, 0.5) is 11.4 Å². The van der Waals surface area contributed by atoms with Gasteiger partial charge in [0, 0.05) is 29.4 Å². The van der Waals surface area contributed by atoms with Crippen molar-refractivity contribution in [3.05, 3.63) is 103 Å². The quantitative estimate of drug-likeness (QED) is 0.519. The van der Waals surface area contributed by atoms with Crippen molar-refractivity contribution in [3.63, 3.8) is 0 Å². The number of nitro benzene ring substituents is 1. The summed E-state index contributed by atoms with van der Waals surface area (Å²) in [5.74, 6) is -0.469. The number of aryl methyl sites for hydroxylation is 1. The molecule has 1 aromatic heterocycles. The molecule has 0 aliphatic rings. The van der Waals surface area contributed by atoms with E-state index >= 15 is 0 Å². The highest BCUT2D eigenvalue weighted by molar-refractivity contribution is 6.30. The third-order valence-electron chi connectivity index (χ3n) is 4.17. The van der Waals surface area contributed by atoms with Crippen molar-refractivity contribution in [3.8, 4) is 0 Å². The van der Waals surface area contributed by atoms with Crippen LogP contribution < -0.4 is 10.9 Å². The number of halogens is 1. The van der Waals surface area contributed by atoms with Crippen molar-refractivity contribution in [1.29, 1.82) is 0 Å². The molecule has 142 valence electrons. The third kappa shape index (κ3) is 4.44. The highest BCUT2D eigenvalue weighted by Crippen LogP contribution is 2.22. The van der Waals surface area contributed by atoms with Crippen LogP contribution in [-0.4, -0.2) is 15.4 Å². The Morgan fingerprint density at radius 1 is 1.18 bits per heavy atom. The van der Waals surface area contributed by atoms with Crippen LogP contribution in [0, 0.1) is 17.0 Å². The number of carbonyl (C=O) groups excluding carboxylic acids is 1. The SMILES string of the molecule is Cc1ccc([N+](=O)[O-])cc1NC(=O)c1ccc(=O)n(Cc2cccc(Cl)c2)c1. The van der Waals surface area contributed by atoms with Crippen LogP contribution >= 0.6 is 11.6 Å². The van der Waals surface area contributed by atoms with Crippen molar-refractivity contribution < 1.29 is 9.72 Å². The molecule has 1 N–H and O–H groups in total. The Morgan fingerprint density at radius 3 is 2.68 bits per heavy atom. The van der Waals surface area contributed by atoms with Gasteiger partial charge < -0.3 is 9.88 Å². The zero-order chi connectivity index (χ0) is 20.3. The number of nitrogens with zero attached hydrogens (tertiary/aromatic N) is 2. The molecule has 1 heterocycles. The lowest BCUT2D eigenvalue weighted by molar-refractivity contribution is -0.384. The number of nitrogens with one attached hydrogen (secondary N) is 1. The monoisotopic (exact) mass is 397 g/mol. The van der Waals surface area contributed by atoms with E-state index in [1.54, 1.807) is 31.2 Å². The number of benzene rings is 2. The minimum absolute atomic E-state index is 0.119. The van der Waals surface area contributed by atoms with E-state index in [0.29, 0.717) is 16.3 Å².